The fourth-order valence-corrected chi connectivity index (χ4v) is 1.80. The Morgan fingerprint density at radius 2 is 2.25 bits per heavy atom. The highest BCUT2D eigenvalue weighted by molar-refractivity contribution is 9.10. The third-order valence-electron chi connectivity index (χ3n) is 2.00. The van der Waals surface area contributed by atoms with Crippen molar-refractivity contribution >= 4 is 27.6 Å². The van der Waals surface area contributed by atoms with Crippen LogP contribution >= 0.6 is 15.9 Å². The molecule has 0 radical (unpaired) electrons. The van der Waals surface area contributed by atoms with Gasteiger partial charge in [-0.05, 0) is 18.6 Å². The van der Waals surface area contributed by atoms with Gasteiger partial charge in [-0.15, -0.1) is 0 Å². The second-order valence-electron chi connectivity index (χ2n) is 3.45. The standard InChI is InChI=1S/C11H14BrNO3/c1-2-3-10(11(14)15)16-9-5-7(12)4-8(13)6-9/h4-6,10H,2-3,13H2,1H3,(H,14,15). The zero-order valence-electron chi connectivity index (χ0n) is 8.94. The number of rotatable bonds is 5. The van der Waals surface area contributed by atoms with Crippen LogP contribution in [-0.2, 0) is 4.79 Å². The van der Waals surface area contributed by atoms with E-state index in [2.05, 4.69) is 15.9 Å². The van der Waals surface area contributed by atoms with Crippen LogP contribution in [0.3, 0.4) is 0 Å². The van der Waals surface area contributed by atoms with Crippen molar-refractivity contribution in [2.24, 2.45) is 0 Å². The average Bonchev–Trinajstić information content (AvgIpc) is 2.15. The highest BCUT2D eigenvalue weighted by atomic mass is 79.9. The largest absolute Gasteiger partial charge is 0.479 e. The third kappa shape index (κ3) is 3.73. The highest BCUT2D eigenvalue weighted by Gasteiger charge is 2.18. The van der Waals surface area contributed by atoms with Gasteiger partial charge < -0.3 is 15.6 Å². The van der Waals surface area contributed by atoms with Gasteiger partial charge in [0, 0.05) is 16.2 Å². The minimum Gasteiger partial charge on any atom is -0.479 e. The van der Waals surface area contributed by atoms with Gasteiger partial charge >= 0.3 is 5.97 Å². The van der Waals surface area contributed by atoms with Crippen LogP contribution in [-0.4, -0.2) is 17.2 Å². The highest BCUT2D eigenvalue weighted by Crippen LogP contribution is 2.24. The summed E-state index contributed by atoms with van der Waals surface area (Å²) in [4.78, 5) is 10.9. The molecule has 1 aromatic rings. The number of ether oxygens (including phenoxy) is 1. The van der Waals surface area contributed by atoms with Crippen LogP contribution in [0.5, 0.6) is 5.75 Å². The molecule has 0 saturated heterocycles. The number of benzene rings is 1. The summed E-state index contributed by atoms with van der Waals surface area (Å²) in [5.74, 6) is -0.492. The van der Waals surface area contributed by atoms with Gasteiger partial charge in [0.05, 0.1) is 0 Å². The molecule has 5 heteroatoms. The molecule has 0 aliphatic carbocycles. The van der Waals surface area contributed by atoms with E-state index in [0.29, 0.717) is 17.9 Å². The molecule has 0 aromatic heterocycles. The van der Waals surface area contributed by atoms with Crippen LogP contribution in [0.4, 0.5) is 5.69 Å². The van der Waals surface area contributed by atoms with Crippen molar-refractivity contribution in [3.63, 3.8) is 0 Å². The van der Waals surface area contributed by atoms with E-state index in [4.69, 9.17) is 15.6 Å². The summed E-state index contributed by atoms with van der Waals surface area (Å²) in [5.41, 5.74) is 6.16. The van der Waals surface area contributed by atoms with Crippen LogP contribution in [0.1, 0.15) is 19.8 Å². The van der Waals surface area contributed by atoms with Crippen LogP contribution in [0.25, 0.3) is 0 Å². The number of carbonyl (C=O) groups is 1. The lowest BCUT2D eigenvalue weighted by Gasteiger charge is -2.14. The van der Waals surface area contributed by atoms with E-state index in [9.17, 15) is 4.79 Å². The molecule has 0 bridgehead atoms. The molecule has 0 aliphatic rings. The first-order valence-electron chi connectivity index (χ1n) is 4.98. The summed E-state index contributed by atoms with van der Waals surface area (Å²) in [6, 6.07) is 5.03. The lowest BCUT2D eigenvalue weighted by Crippen LogP contribution is -2.26. The van der Waals surface area contributed by atoms with Crippen molar-refractivity contribution in [2.45, 2.75) is 25.9 Å². The van der Waals surface area contributed by atoms with E-state index in [1.807, 2.05) is 6.92 Å². The van der Waals surface area contributed by atoms with E-state index < -0.39 is 12.1 Å². The molecule has 0 heterocycles. The Kier molecular flexibility index (Phi) is 4.61. The van der Waals surface area contributed by atoms with E-state index in [0.717, 1.165) is 10.9 Å². The Morgan fingerprint density at radius 3 is 2.75 bits per heavy atom. The summed E-state index contributed by atoms with van der Waals surface area (Å²) in [6.45, 7) is 1.91. The maximum atomic E-state index is 10.9. The maximum absolute atomic E-state index is 10.9. The molecule has 1 unspecified atom stereocenters. The first-order chi connectivity index (χ1) is 7.52. The van der Waals surface area contributed by atoms with Crippen molar-refractivity contribution in [1.29, 1.82) is 0 Å². The summed E-state index contributed by atoms with van der Waals surface area (Å²) < 4.78 is 6.14. The molecule has 0 fully saturated rings. The van der Waals surface area contributed by atoms with Crippen molar-refractivity contribution in [3.05, 3.63) is 22.7 Å². The van der Waals surface area contributed by atoms with Crippen LogP contribution in [0, 0.1) is 0 Å². The quantitative estimate of drug-likeness (QED) is 0.817. The Hall–Kier alpha value is -1.23. The molecule has 0 saturated carbocycles. The number of hydrogen-bond donors (Lipinski definition) is 2. The maximum Gasteiger partial charge on any atom is 0.344 e. The first kappa shape index (κ1) is 12.8. The van der Waals surface area contributed by atoms with Gasteiger partial charge in [0.2, 0.25) is 0 Å². The van der Waals surface area contributed by atoms with Gasteiger partial charge in [-0.2, -0.15) is 0 Å². The number of carboxylic acids is 1. The number of nitrogens with two attached hydrogens (primary N) is 1. The van der Waals surface area contributed by atoms with Gasteiger partial charge in [-0.25, -0.2) is 4.79 Å². The molecule has 0 spiro atoms. The fraction of sp³-hybridized carbons (Fsp3) is 0.364. The van der Waals surface area contributed by atoms with E-state index >= 15 is 0 Å². The minimum atomic E-state index is -0.958. The van der Waals surface area contributed by atoms with Gasteiger partial charge in [0.25, 0.3) is 0 Å². The number of nitrogen functional groups attached to an aromatic ring is 1. The Balaban J connectivity index is 2.80. The molecule has 1 atom stereocenters. The van der Waals surface area contributed by atoms with Gasteiger partial charge in [-0.3, -0.25) is 0 Å². The molecular formula is C11H14BrNO3. The molecular weight excluding hydrogens is 274 g/mol. The first-order valence-corrected chi connectivity index (χ1v) is 5.77. The van der Waals surface area contributed by atoms with Gasteiger partial charge in [0.1, 0.15) is 5.75 Å². The van der Waals surface area contributed by atoms with E-state index in [1.165, 1.54) is 0 Å². The van der Waals surface area contributed by atoms with E-state index in [-0.39, 0.29) is 0 Å². The van der Waals surface area contributed by atoms with Crippen LogP contribution < -0.4 is 10.5 Å². The van der Waals surface area contributed by atoms with Crippen LogP contribution in [0.15, 0.2) is 22.7 Å². The molecule has 3 N–H and O–H groups in total. The lowest BCUT2D eigenvalue weighted by atomic mass is 10.2. The lowest BCUT2D eigenvalue weighted by molar-refractivity contribution is -0.145. The summed E-state index contributed by atoms with van der Waals surface area (Å²) in [6.07, 6.45) is 0.404. The third-order valence-corrected chi connectivity index (χ3v) is 2.46. The number of carboxylic acid groups (broad SMARTS) is 1. The van der Waals surface area contributed by atoms with Crippen molar-refractivity contribution in [3.8, 4) is 5.75 Å². The SMILES string of the molecule is CCCC(Oc1cc(N)cc(Br)c1)C(=O)O. The zero-order chi connectivity index (χ0) is 12.1. The average molecular weight is 288 g/mol. The normalized spacial score (nSPS) is 12.1. The molecule has 0 amide bonds. The van der Waals surface area contributed by atoms with E-state index in [1.54, 1.807) is 18.2 Å². The molecule has 16 heavy (non-hydrogen) atoms. The molecule has 0 aliphatic heterocycles. The zero-order valence-corrected chi connectivity index (χ0v) is 10.5. The summed E-state index contributed by atoms with van der Waals surface area (Å²) in [5, 5.41) is 8.94. The Morgan fingerprint density at radius 1 is 1.56 bits per heavy atom. The molecule has 1 aromatic carbocycles. The van der Waals surface area contributed by atoms with Crippen LogP contribution in [0.2, 0.25) is 0 Å². The number of anilines is 1. The molecule has 88 valence electrons. The van der Waals surface area contributed by atoms with Crippen molar-refractivity contribution in [1.82, 2.24) is 0 Å². The van der Waals surface area contributed by atoms with Gasteiger partial charge in [-0.1, -0.05) is 29.3 Å². The number of aliphatic carboxylic acids is 1. The van der Waals surface area contributed by atoms with Crippen molar-refractivity contribution < 1.29 is 14.6 Å². The van der Waals surface area contributed by atoms with Gasteiger partial charge in [0.15, 0.2) is 6.10 Å². The summed E-state index contributed by atoms with van der Waals surface area (Å²) in [7, 11) is 0. The monoisotopic (exact) mass is 287 g/mol. The smallest absolute Gasteiger partial charge is 0.344 e. The number of hydrogen-bond acceptors (Lipinski definition) is 3. The molecule has 4 nitrogen and oxygen atoms in total. The Labute approximate surface area is 103 Å². The van der Waals surface area contributed by atoms with Crippen molar-refractivity contribution in [2.75, 3.05) is 5.73 Å². The molecule has 1 rings (SSSR count). The topological polar surface area (TPSA) is 72.5 Å². The number of halogens is 1. The second kappa shape index (κ2) is 5.75. The fourth-order valence-electron chi connectivity index (χ4n) is 1.31. The predicted octanol–water partition coefficient (Wildman–Crippen LogP) is 2.66. The predicted molar refractivity (Wildman–Crippen MR) is 65.5 cm³/mol. The second-order valence-corrected chi connectivity index (χ2v) is 4.37. The minimum absolute atomic E-state index is 0.465. The summed E-state index contributed by atoms with van der Waals surface area (Å²) >= 11 is 3.27. The Bertz CT molecular complexity index is 361.